The van der Waals surface area contributed by atoms with Crippen molar-refractivity contribution in [3.63, 3.8) is 0 Å². The fourth-order valence-corrected chi connectivity index (χ4v) is 6.76. The molecule has 7 nitrogen and oxygen atoms in total. The maximum absolute atomic E-state index is 12.5. The molecule has 0 radical (unpaired) electrons. The van der Waals surface area contributed by atoms with Crippen molar-refractivity contribution in [2.75, 3.05) is 0 Å². The number of carbonyl (C=O) groups is 2. The summed E-state index contributed by atoms with van der Waals surface area (Å²) in [5, 5.41) is 0.561. The van der Waals surface area contributed by atoms with E-state index >= 15 is 0 Å². The molecule has 0 unspecified atom stereocenters. The molecule has 2 amide bonds. The van der Waals surface area contributed by atoms with E-state index in [1.165, 1.54) is 38.5 Å². The molecule has 3 N–H and O–H groups in total. The monoisotopic (exact) mass is 422 g/mol. The second kappa shape index (κ2) is 8.09. The van der Waals surface area contributed by atoms with Gasteiger partial charge in [0, 0.05) is 19.3 Å². The molecule has 4 aliphatic rings. The van der Waals surface area contributed by atoms with Crippen molar-refractivity contribution in [3.8, 4) is 0 Å². The maximum atomic E-state index is 12.5. The number of nitrogens with zero attached hydrogens (tertiary/aromatic N) is 1. The lowest BCUT2D eigenvalue weighted by Crippen LogP contribution is -2.50. The molecule has 4 fully saturated rings. The molecule has 0 aliphatic heterocycles. The summed E-state index contributed by atoms with van der Waals surface area (Å²) >= 11 is 0. The Balaban J connectivity index is 1.07. The minimum atomic E-state index is -0.220. The smallest absolute Gasteiger partial charge is 0.258 e. The Kier molecular flexibility index (Phi) is 5.28. The van der Waals surface area contributed by atoms with E-state index in [9.17, 15) is 14.4 Å². The number of amides is 2. The lowest BCUT2D eigenvalue weighted by Gasteiger charge is -2.56. The first-order valence-corrected chi connectivity index (χ1v) is 11.5. The zero-order valence-corrected chi connectivity index (χ0v) is 17.8. The summed E-state index contributed by atoms with van der Waals surface area (Å²) in [4.78, 5) is 44.0. The Morgan fingerprint density at radius 3 is 2.35 bits per heavy atom. The van der Waals surface area contributed by atoms with Crippen molar-refractivity contribution in [2.24, 2.45) is 23.2 Å². The van der Waals surface area contributed by atoms with E-state index in [1.54, 1.807) is 18.2 Å². The fourth-order valence-electron chi connectivity index (χ4n) is 6.76. The van der Waals surface area contributed by atoms with Crippen LogP contribution in [0.1, 0.15) is 63.6 Å². The van der Waals surface area contributed by atoms with Crippen molar-refractivity contribution in [2.45, 2.75) is 64.2 Å². The van der Waals surface area contributed by atoms with Crippen LogP contribution in [0, 0.1) is 23.2 Å². The molecule has 164 valence electrons. The Hall–Kier alpha value is -2.70. The van der Waals surface area contributed by atoms with Gasteiger partial charge in [0.2, 0.25) is 11.8 Å². The largest absolute Gasteiger partial charge is 0.310 e. The Labute approximate surface area is 181 Å². The summed E-state index contributed by atoms with van der Waals surface area (Å²) in [6, 6.07) is 7.20. The highest BCUT2D eigenvalue weighted by Gasteiger charge is 2.51. The van der Waals surface area contributed by atoms with Crippen LogP contribution in [0.5, 0.6) is 0 Å². The van der Waals surface area contributed by atoms with Crippen LogP contribution in [0.2, 0.25) is 0 Å². The maximum Gasteiger partial charge on any atom is 0.258 e. The minimum Gasteiger partial charge on any atom is -0.310 e. The standard InChI is InChI=1S/C24H30N4O3/c29-21(7-3-6-20-25-19-5-2-1-4-18(19)23(31)26-20)27-28-22(30)14-24-11-15-8-16(12-24)10-17(9-15)13-24/h1-2,4-5,15-17H,3,6-14H2,(H,27,29)(H,28,30)(H,25,26,31). The summed E-state index contributed by atoms with van der Waals surface area (Å²) in [6.07, 6.45) is 9.42. The number of rotatable bonds is 6. The Bertz CT molecular complexity index is 1020. The number of hydrogen-bond acceptors (Lipinski definition) is 4. The van der Waals surface area contributed by atoms with Gasteiger partial charge in [0.05, 0.1) is 10.9 Å². The molecule has 6 rings (SSSR count). The molecule has 4 bridgehead atoms. The van der Waals surface area contributed by atoms with Gasteiger partial charge in [0.25, 0.3) is 5.56 Å². The SMILES string of the molecule is O=C(CCCc1nc2ccccc2c(=O)[nH]1)NNC(=O)CC12CC3CC(CC(C3)C1)C2. The molecule has 7 heteroatoms. The Morgan fingerprint density at radius 2 is 1.65 bits per heavy atom. The number of hydrogen-bond donors (Lipinski definition) is 3. The van der Waals surface area contributed by atoms with Gasteiger partial charge in [-0.3, -0.25) is 25.2 Å². The molecule has 4 aliphatic carbocycles. The highest BCUT2D eigenvalue weighted by molar-refractivity contribution is 5.82. The van der Waals surface area contributed by atoms with Crippen LogP contribution in [-0.4, -0.2) is 21.8 Å². The summed E-state index contributed by atoms with van der Waals surface area (Å²) in [5.41, 5.74) is 5.84. The molecule has 0 saturated heterocycles. The number of nitrogens with one attached hydrogen (secondary N) is 3. The van der Waals surface area contributed by atoms with Crippen LogP contribution in [0.4, 0.5) is 0 Å². The van der Waals surface area contributed by atoms with E-state index in [1.807, 2.05) is 6.07 Å². The topological polar surface area (TPSA) is 104 Å². The van der Waals surface area contributed by atoms with Gasteiger partial charge in [0.1, 0.15) is 5.82 Å². The predicted octanol–water partition coefficient (Wildman–Crippen LogP) is 3.00. The third-order valence-electron chi connectivity index (χ3n) is 7.52. The minimum absolute atomic E-state index is 0.0733. The average molecular weight is 423 g/mol. The summed E-state index contributed by atoms with van der Waals surface area (Å²) < 4.78 is 0. The van der Waals surface area contributed by atoms with Crippen molar-refractivity contribution >= 4 is 22.7 Å². The zero-order valence-electron chi connectivity index (χ0n) is 17.8. The van der Waals surface area contributed by atoms with E-state index in [0.717, 1.165) is 17.8 Å². The van der Waals surface area contributed by atoms with Gasteiger partial charge < -0.3 is 4.98 Å². The van der Waals surface area contributed by atoms with Gasteiger partial charge in [-0.15, -0.1) is 0 Å². The highest BCUT2D eigenvalue weighted by atomic mass is 16.2. The van der Waals surface area contributed by atoms with Crippen LogP contribution in [0.25, 0.3) is 10.9 Å². The van der Waals surface area contributed by atoms with Gasteiger partial charge in [0.15, 0.2) is 0 Å². The second-order valence-electron chi connectivity index (χ2n) is 10.1. The predicted molar refractivity (Wildman–Crippen MR) is 117 cm³/mol. The van der Waals surface area contributed by atoms with Crippen molar-refractivity contribution in [1.29, 1.82) is 0 Å². The summed E-state index contributed by atoms with van der Waals surface area (Å²) in [7, 11) is 0. The lowest BCUT2D eigenvalue weighted by molar-refractivity contribution is -0.134. The van der Waals surface area contributed by atoms with E-state index in [-0.39, 0.29) is 29.2 Å². The molecule has 31 heavy (non-hydrogen) atoms. The van der Waals surface area contributed by atoms with Crippen LogP contribution in [0.3, 0.4) is 0 Å². The number of hydrazine groups is 1. The fraction of sp³-hybridized carbons (Fsp3) is 0.583. The van der Waals surface area contributed by atoms with Crippen LogP contribution < -0.4 is 16.4 Å². The molecule has 1 heterocycles. The van der Waals surface area contributed by atoms with Gasteiger partial charge in [-0.2, -0.15) is 0 Å². The van der Waals surface area contributed by atoms with E-state index < -0.39 is 0 Å². The third kappa shape index (κ3) is 4.36. The average Bonchev–Trinajstić information content (AvgIpc) is 2.71. The molecule has 2 aromatic rings. The number of H-pyrrole nitrogens is 1. The lowest BCUT2D eigenvalue weighted by atomic mass is 9.49. The van der Waals surface area contributed by atoms with E-state index in [4.69, 9.17) is 0 Å². The van der Waals surface area contributed by atoms with E-state index in [2.05, 4.69) is 20.8 Å². The first-order chi connectivity index (χ1) is 15.0. The van der Waals surface area contributed by atoms with E-state index in [0.29, 0.717) is 36.0 Å². The first kappa shape index (κ1) is 20.2. The normalized spacial score (nSPS) is 28.6. The molecule has 4 saturated carbocycles. The number of para-hydroxylation sites is 1. The highest BCUT2D eigenvalue weighted by Crippen LogP contribution is 2.61. The molecular weight excluding hydrogens is 392 g/mol. The van der Waals surface area contributed by atoms with Gasteiger partial charge >= 0.3 is 0 Å². The van der Waals surface area contributed by atoms with Gasteiger partial charge in [-0.25, -0.2) is 4.98 Å². The number of aromatic amines is 1. The Morgan fingerprint density at radius 1 is 1.00 bits per heavy atom. The first-order valence-electron chi connectivity index (χ1n) is 11.5. The van der Waals surface area contributed by atoms with Gasteiger partial charge in [-0.1, -0.05) is 12.1 Å². The summed E-state index contributed by atoms with van der Waals surface area (Å²) in [6.45, 7) is 0. The number of aromatic nitrogens is 2. The van der Waals surface area contributed by atoms with Crippen LogP contribution in [0.15, 0.2) is 29.1 Å². The number of benzene rings is 1. The van der Waals surface area contributed by atoms with Crippen molar-refractivity contribution < 1.29 is 9.59 Å². The molecule has 0 atom stereocenters. The quantitative estimate of drug-likeness (QED) is 0.623. The number of fused-ring (bicyclic) bond motifs is 1. The van der Waals surface area contributed by atoms with Crippen molar-refractivity contribution in [3.05, 3.63) is 40.4 Å². The second-order valence-corrected chi connectivity index (χ2v) is 10.1. The molecule has 1 aromatic carbocycles. The third-order valence-corrected chi connectivity index (χ3v) is 7.52. The van der Waals surface area contributed by atoms with Crippen LogP contribution in [-0.2, 0) is 16.0 Å². The molecule has 0 spiro atoms. The molecular formula is C24H30N4O3. The number of aryl methyl sites for hydroxylation is 1. The summed E-state index contributed by atoms with van der Waals surface area (Å²) in [5.74, 6) is 2.71. The molecule has 1 aromatic heterocycles. The van der Waals surface area contributed by atoms with Crippen molar-refractivity contribution in [1.82, 2.24) is 20.8 Å². The zero-order chi connectivity index (χ0) is 21.4. The number of carbonyl (C=O) groups excluding carboxylic acids is 2. The van der Waals surface area contributed by atoms with Gasteiger partial charge in [-0.05, 0) is 80.2 Å². The van der Waals surface area contributed by atoms with Crippen LogP contribution >= 0.6 is 0 Å².